The van der Waals surface area contributed by atoms with Gasteiger partial charge in [0.15, 0.2) is 0 Å². The third-order valence-corrected chi connectivity index (χ3v) is 2.94. The van der Waals surface area contributed by atoms with E-state index in [4.69, 9.17) is 5.26 Å². The van der Waals surface area contributed by atoms with Crippen LogP contribution in [0.15, 0.2) is 30.6 Å². The molecule has 2 N–H and O–H groups in total. The van der Waals surface area contributed by atoms with Crippen LogP contribution < -0.4 is 10.6 Å². The van der Waals surface area contributed by atoms with Gasteiger partial charge in [-0.2, -0.15) is 5.26 Å². The predicted molar refractivity (Wildman–Crippen MR) is 80.0 cm³/mol. The highest BCUT2D eigenvalue weighted by molar-refractivity contribution is 5.69. The molecule has 0 bridgehead atoms. The summed E-state index contributed by atoms with van der Waals surface area (Å²) < 4.78 is 0. The van der Waals surface area contributed by atoms with E-state index in [1.54, 1.807) is 6.07 Å². The van der Waals surface area contributed by atoms with E-state index in [0.717, 1.165) is 35.9 Å². The van der Waals surface area contributed by atoms with Crippen LogP contribution in [0.2, 0.25) is 0 Å². The summed E-state index contributed by atoms with van der Waals surface area (Å²) in [7, 11) is 0. The highest BCUT2D eigenvalue weighted by atomic mass is 15.1. The normalized spacial score (nSPS) is 9.85. The van der Waals surface area contributed by atoms with E-state index in [1.807, 2.05) is 25.1 Å². The first kappa shape index (κ1) is 13.8. The molecule has 0 aliphatic heterocycles. The van der Waals surface area contributed by atoms with Gasteiger partial charge >= 0.3 is 0 Å². The van der Waals surface area contributed by atoms with Crippen molar-refractivity contribution in [3.05, 3.63) is 41.7 Å². The molecule has 2 aromatic rings. The van der Waals surface area contributed by atoms with Gasteiger partial charge in [0.05, 0.1) is 11.3 Å². The van der Waals surface area contributed by atoms with Gasteiger partial charge in [-0.15, -0.1) is 0 Å². The molecule has 0 saturated heterocycles. The van der Waals surface area contributed by atoms with Crippen molar-refractivity contribution < 1.29 is 0 Å². The van der Waals surface area contributed by atoms with E-state index < -0.39 is 0 Å². The zero-order valence-electron chi connectivity index (χ0n) is 11.6. The molecule has 0 spiro atoms. The molecule has 0 atom stereocenters. The minimum absolute atomic E-state index is 0.596. The number of benzene rings is 1. The Morgan fingerprint density at radius 2 is 1.90 bits per heavy atom. The van der Waals surface area contributed by atoms with Gasteiger partial charge in [-0.1, -0.05) is 19.1 Å². The highest BCUT2D eigenvalue weighted by Gasteiger charge is 2.10. The number of hydrogen-bond acceptors (Lipinski definition) is 5. The maximum atomic E-state index is 9.13. The second kappa shape index (κ2) is 6.53. The Labute approximate surface area is 118 Å². The van der Waals surface area contributed by atoms with Crippen molar-refractivity contribution in [1.29, 1.82) is 5.26 Å². The first-order chi connectivity index (χ1) is 9.80. The van der Waals surface area contributed by atoms with Crippen LogP contribution in [-0.4, -0.2) is 16.5 Å². The van der Waals surface area contributed by atoms with Crippen molar-refractivity contribution in [3.8, 4) is 6.07 Å². The third-order valence-electron chi connectivity index (χ3n) is 2.94. The number of nitrogens with zero attached hydrogens (tertiary/aromatic N) is 3. The Hall–Kier alpha value is -2.61. The summed E-state index contributed by atoms with van der Waals surface area (Å²) in [5, 5.41) is 15.6. The number of hydrogen-bond donors (Lipinski definition) is 2. The molecule has 0 aliphatic carbocycles. The molecule has 1 aromatic carbocycles. The average Bonchev–Trinajstić information content (AvgIpc) is 2.48. The fourth-order valence-corrected chi connectivity index (χ4v) is 1.99. The molecule has 20 heavy (non-hydrogen) atoms. The topological polar surface area (TPSA) is 73.6 Å². The highest BCUT2D eigenvalue weighted by Crippen LogP contribution is 2.25. The van der Waals surface area contributed by atoms with Gasteiger partial charge < -0.3 is 10.6 Å². The van der Waals surface area contributed by atoms with Crippen LogP contribution in [0, 0.1) is 11.3 Å². The third kappa shape index (κ3) is 2.86. The lowest BCUT2D eigenvalue weighted by molar-refractivity contribution is 1.03. The minimum atomic E-state index is 0.596. The maximum Gasteiger partial charge on any atom is 0.139 e. The van der Waals surface area contributed by atoms with Crippen molar-refractivity contribution in [3.63, 3.8) is 0 Å². The molecule has 0 saturated carbocycles. The van der Waals surface area contributed by atoms with Crippen LogP contribution >= 0.6 is 0 Å². The van der Waals surface area contributed by atoms with Gasteiger partial charge in [-0.05, 0) is 25.5 Å². The van der Waals surface area contributed by atoms with Crippen LogP contribution in [-0.2, 0) is 6.42 Å². The van der Waals surface area contributed by atoms with Crippen LogP contribution in [0.4, 0.5) is 17.3 Å². The van der Waals surface area contributed by atoms with Crippen molar-refractivity contribution in [2.45, 2.75) is 20.3 Å². The second-order valence-electron chi connectivity index (χ2n) is 4.22. The van der Waals surface area contributed by atoms with Gasteiger partial charge in [0, 0.05) is 12.1 Å². The smallest absolute Gasteiger partial charge is 0.139 e. The van der Waals surface area contributed by atoms with E-state index >= 15 is 0 Å². The first-order valence-corrected chi connectivity index (χ1v) is 6.64. The van der Waals surface area contributed by atoms with Gasteiger partial charge in [-0.3, -0.25) is 0 Å². The maximum absolute atomic E-state index is 9.13. The lowest BCUT2D eigenvalue weighted by atomic mass is 10.1. The molecule has 102 valence electrons. The lowest BCUT2D eigenvalue weighted by Crippen LogP contribution is -2.07. The Morgan fingerprint density at radius 3 is 2.60 bits per heavy atom. The SMILES string of the molecule is CCNc1ncnc(Nc2ccccc2C#N)c1CC. The summed E-state index contributed by atoms with van der Waals surface area (Å²) in [6, 6.07) is 9.55. The number of rotatable bonds is 5. The standard InChI is InChI=1S/C15H17N5/c1-3-12-14(17-4-2)18-10-19-15(12)20-13-8-6-5-7-11(13)9-16/h5-8,10H,3-4H2,1-2H3,(H2,17,18,19,20). The molecule has 0 amide bonds. The summed E-state index contributed by atoms with van der Waals surface area (Å²) in [5.41, 5.74) is 2.37. The number of para-hydroxylation sites is 1. The Morgan fingerprint density at radius 1 is 1.15 bits per heavy atom. The monoisotopic (exact) mass is 267 g/mol. The summed E-state index contributed by atoms with van der Waals surface area (Å²) in [4.78, 5) is 8.55. The summed E-state index contributed by atoms with van der Waals surface area (Å²) in [6.45, 7) is 4.89. The first-order valence-electron chi connectivity index (χ1n) is 6.64. The van der Waals surface area contributed by atoms with Gasteiger partial charge in [0.1, 0.15) is 24.0 Å². The van der Waals surface area contributed by atoms with Gasteiger partial charge in [-0.25, -0.2) is 9.97 Å². The van der Waals surface area contributed by atoms with Gasteiger partial charge in [0.2, 0.25) is 0 Å². The molecule has 1 heterocycles. The lowest BCUT2D eigenvalue weighted by Gasteiger charge is -2.14. The van der Waals surface area contributed by atoms with Crippen molar-refractivity contribution in [2.24, 2.45) is 0 Å². The second-order valence-corrected chi connectivity index (χ2v) is 4.22. The van der Waals surface area contributed by atoms with Crippen molar-refractivity contribution in [1.82, 2.24) is 9.97 Å². The largest absolute Gasteiger partial charge is 0.370 e. The summed E-state index contributed by atoms with van der Waals surface area (Å²) in [5.74, 6) is 1.57. The zero-order valence-corrected chi connectivity index (χ0v) is 11.6. The molecule has 0 fully saturated rings. The predicted octanol–water partition coefficient (Wildman–Crippen LogP) is 3.09. The molecule has 2 rings (SSSR count). The van der Waals surface area contributed by atoms with Crippen LogP contribution in [0.3, 0.4) is 0 Å². The quantitative estimate of drug-likeness (QED) is 0.870. The van der Waals surface area contributed by atoms with Crippen LogP contribution in [0.25, 0.3) is 0 Å². The van der Waals surface area contributed by atoms with Crippen LogP contribution in [0.5, 0.6) is 0 Å². The summed E-state index contributed by atoms with van der Waals surface area (Å²) in [6.07, 6.45) is 2.33. The van der Waals surface area contributed by atoms with Gasteiger partial charge in [0.25, 0.3) is 0 Å². The summed E-state index contributed by atoms with van der Waals surface area (Å²) >= 11 is 0. The van der Waals surface area contributed by atoms with E-state index in [-0.39, 0.29) is 0 Å². The van der Waals surface area contributed by atoms with Crippen molar-refractivity contribution in [2.75, 3.05) is 17.2 Å². The molecular weight excluding hydrogens is 250 g/mol. The average molecular weight is 267 g/mol. The fourth-order valence-electron chi connectivity index (χ4n) is 1.99. The fraction of sp³-hybridized carbons (Fsp3) is 0.267. The number of nitrogens with one attached hydrogen (secondary N) is 2. The van der Waals surface area contributed by atoms with E-state index in [2.05, 4.69) is 33.6 Å². The number of nitriles is 1. The Bertz CT molecular complexity index is 630. The Balaban J connectivity index is 2.38. The molecule has 5 heteroatoms. The number of aromatic nitrogens is 2. The van der Waals surface area contributed by atoms with E-state index in [9.17, 15) is 0 Å². The molecule has 1 aromatic heterocycles. The number of anilines is 3. The zero-order chi connectivity index (χ0) is 14.4. The minimum Gasteiger partial charge on any atom is -0.370 e. The molecule has 0 aliphatic rings. The molecule has 0 radical (unpaired) electrons. The van der Waals surface area contributed by atoms with Crippen LogP contribution in [0.1, 0.15) is 25.0 Å². The molecular formula is C15H17N5. The molecule has 0 unspecified atom stereocenters. The van der Waals surface area contributed by atoms with Crippen molar-refractivity contribution >= 4 is 17.3 Å². The Kier molecular flexibility index (Phi) is 4.51. The molecule has 5 nitrogen and oxygen atoms in total. The van der Waals surface area contributed by atoms with E-state index in [0.29, 0.717) is 5.56 Å². The van der Waals surface area contributed by atoms with E-state index in [1.165, 1.54) is 6.33 Å².